The van der Waals surface area contributed by atoms with Crippen LogP contribution in [0.25, 0.3) is 11.2 Å². The highest BCUT2D eigenvalue weighted by Gasteiger charge is 2.52. The summed E-state index contributed by atoms with van der Waals surface area (Å²) in [5.41, 5.74) is 1.59. The molecular formula is C49H54N5O10PSi. The molecule has 1 fully saturated rings. The van der Waals surface area contributed by atoms with Crippen molar-refractivity contribution in [3.8, 4) is 11.5 Å². The van der Waals surface area contributed by atoms with Gasteiger partial charge in [0, 0.05) is 18.1 Å². The third-order valence-electron chi connectivity index (χ3n) is 11.0. The number of nitrogens with one attached hydrogen (secondary N) is 1. The number of hydrogen-bond acceptors (Lipinski definition) is 13. The molecule has 0 bridgehead atoms. The molecule has 15 nitrogen and oxygen atoms in total. The quantitative estimate of drug-likeness (QED) is 0.0315. The third kappa shape index (κ3) is 10.8. The van der Waals surface area contributed by atoms with Crippen molar-refractivity contribution in [3.63, 3.8) is 0 Å². The second-order valence-electron chi connectivity index (χ2n) is 16.2. The number of ketones is 1. The van der Waals surface area contributed by atoms with Gasteiger partial charge in [0.1, 0.15) is 36.8 Å². The van der Waals surface area contributed by atoms with Crippen molar-refractivity contribution < 1.29 is 46.5 Å². The molecule has 0 aliphatic carbocycles. The fourth-order valence-electron chi connectivity index (χ4n) is 7.91. The number of Topliss-reactive ketones (excluding diaryl/α,β-unsaturated/α-hetero) is 1. The van der Waals surface area contributed by atoms with E-state index in [9.17, 15) is 9.59 Å². The van der Waals surface area contributed by atoms with Gasteiger partial charge in [0.05, 0.1) is 39.9 Å². The van der Waals surface area contributed by atoms with E-state index in [4.69, 9.17) is 36.9 Å². The Morgan fingerprint density at radius 3 is 2.09 bits per heavy atom. The lowest BCUT2D eigenvalue weighted by Crippen LogP contribution is -2.67. The molecule has 7 rings (SSSR count). The number of fused-ring (bicyclic) bond motifs is 1. The average Bonchev–Trinajstić information content (AvgIpc) is 3.96. The predicted octanol–water partition coefficient (Wildman–Crippen LogP) is 8.90. The monoisotopic (exact) mass is 931 g/mol. The van der Waals surface area contributed by atoms with Crippen LogP contribution < -0.4 is 25.2 Å². The molecule has 344 valence electrons. The summed E-state index contributed by atoms with van der Waals surface area (Å²) < 4.78 is 52.3. The Balaban J connectivity index is 1.28. The second-order valence-corrected chi connectivity index (χ2v) is 21.6. The molecule has 5 atom stereocenters. The van der Waals surface area contributed by atoms with Crippen molar-refractivity contribution in [2.24, 2.45) is 0 Å². The SMILES string of the molecule is C=CCOC(=O)Nc1ncnc2c1ncn2[C@H]1C[C@H](OP(OCC=C)OC(C(=O)c2ccccc2)c2cc(OC)cc(OC)c2)[C@@H](CO[Si](c2ccccc2)(c2ccccc2)C(C)(C)C)O1. The first-order valence-electron chi connectivity index (χ1n) is 21.3. The first-order chi connectivity index (χ1) is 32.0. The maximum Gasteiger partial charge on any atom is 0.413 e. The number of benzene rings is 4. The number of rotatable bonds is 21. The van der Waals surface area contributed by atoms with Crippen molar-refractivity contribution in [1.29, 1.82) is 0 Å². The Labute approximate surface area is 386 Å². The number of carbonyl (C=O) groups is 2. The number of methoxy groups -OCH3 is 2. The molecule has 1 amide bonds. The average molecular weight is 932 g/mol. The van der Waals surface area contributed by atoms with Crippen LogP contribution in [-0.4, -0.2) is 86.0 Å². The van der Waals surface area contributed by atoms with E-state index in [1.54, 1.807) is 59.4 Å². The molecule has 17 heteroatoms. The summed E-state index contributed by atoms with van der Waals surface area (Å²) >= 11 is 0. The fourth-order valence-corrected chi connectivity index (χ4v) is 13.7. The first kappa shape index (κ1) is 47.8. The van der Waals surface area contributed by atoms with Gasteiger partial charge < -0.3 is 32.4 Å². The van der Waals surface area contributed by atoms with Gasteiger partial charge in [-0.15, -0.1) is 6.58 Å². The van der Waals surface area contributed by atoms with Gasteiger partial charge in [-0.1, -0.05) is 130 Å². The van der Waals surface area contributed by atoms with Crippen LogP contribution in [0.3, 0.4) is 0 Å². The van der Waals surface area contributed by atoms with Crippen LogP contribution in [0.4, 0.5) is 10.6 Å². The zero-order valence-electron chi connectivity index (χ0n) is 37.6. The molecule has 2 unspecified atom stereocenters. The molecule has 0 saturated carbocycles. The summed E-state index contributed by atoms with van der Waals surface area (Å²) in [5.74, 6) is 0.751. The predicted molar refractivity (Wildman–Crippen MR) is 255 cm³/mol. The van der Waals surface area contributed by atoms with Crippen molar-refractivity contribution in [2.45, 2.75) is 56.8 Å². The van der Waals surface area contributed by atoms with Crippen LogP contribution in [0.15, 0.2) is 147 Å². The van der Waals surface area contributed by atoms with E-state index < -0.39 is 47.6 Å². The summed E-state index contributed by atoms with van der Waals surface area (Å²) in [6.07, 6.45) is 2.10. The van der Waals surface area contributed by atoms with E-state index in [2.05, 4.69) is 78.5 Å². The lowest BCUT2D eigenvalue weighted by Gasteiger charge is -2.43. The van der Waals surface area contributed by atoms with Gasteiger partial charge in [0.25, 0.3) is 8.32 Å². The maximum absolute atomic E-state index is 14.5. The number of ether oxygens (including phenoxy) is 4. The molecule has 1 aliphatic rings. The van der Waals surface area contributed by atoms with Crippen molar-refractivity contribution in [3.05, 3.63) is 158 Å². The number of amides is 1. The van der Waals surface area contributed by atoms with E-state index in [1.165, 1.54) is 26.6 Å². The van der Waals surface area contributed by atoms with Crippen LogP contribution >= 0.6 is 8.60 Å². The van der Waals surface area contributed by atoms with Gasteiger partial charge in [0.2, 0.25) is 0 Å². The van der Waals surface area contributed by atoms with Crippen LogP contribution in [0.5, 0.6) is 11.5 Å². The number of anilines is 1. The van der Waals surface area contributed by atoms with E-state index in [-0.39, 0.29) is 42.9 Å². The highest BCUT2D eigenvalue weighted by molar-refractivity contribution is 7.41. The Bertz CT molecular complexity index is 2520. The minimum Gasteiger partial charge on any atom is -0.497 e. The summed E-state index contributed by atoms with van der Waals surface area (Å²) in [5, 5.41) is 4.48. The van der Waals surface area contributed by atoms with Crippen molar-refractivity contribution in [1.82, 2.24) is 19.5 Å². The molecule has 0 spiro atoms. The highest BCUT2D eigenvalue weighted by Crippen LogP contribution is 2.51. The first-order valence-corrected chi connectivity index (χ1v) is 24.3. The van der Waals surface area contributed by atoms with Gasteiger partial charge in [-0.05, 0) is 33.1 Å². The minimum absolute atomic E-state index is 0.0147. The zero-order chi connectivity index (χ0) is 46.7. The van der Waals surface area contributed by atoms with Gasteiger partial charge in [-0.25, -0.2) is 19.7 Å². The number of imidazole rings is 1. The molecular weight excluding hydrogens is 878 g/mol. The summed E-state index contributed by atoms with van der Waals surface area (Å²) in [6, 6.07) is 34.6. The van der Waals surface area contributed by atoms with Gasteiger partial charge in [0.15, 0.2) is 28.9 Å². The Kier molecular flexibility index (Phi) is 15.9. The van der Waals surface area contributed by atoms with Crippen LogP contribution in [0, 0.1) is 0 Å². The smallest absolute Gasteiger partial charge is 0.413 e. The number of nitrogens with zero attached hydrogens (tertiary/aromatic N) is 4. The second kappa shape index (κ2) is 21.9. The fraction of sp³-hybridized carbons (Fsp3) is 0.286. The molecule has 0 radical (unpaired) electrons. The molecule has 2 aromatic heterocycles. The standard InChI is InChI=1S/C49H54N5O10PSi/c1-8-25-59-48(56)53-46-43-47(51-32-50-46)54(33-52-43)42-30-40(41(62-42)31-61-66(49(3,4)5,38-21-15-11-16-22-38)39-23-17-12-18-24-39)63-65(60-26-9-2)64-45(44(55)34-19-13-10-14-20-34)35-27-36(57-6)29-37(28-35)58-7/h8-24,27-29,32-33,40-42,45H,1-2,25-26,30-31H2,3-7H3,(H,50,51,53,56)/t40-,41+,42+,45?,65?/m0/s1. The van der Waals surface area contributed by atoms with E-state index >= 15 is 0 Å². The van der Waals surface area contributed by atoms with Gasteiger partial charge in [-0.3, -0.25) is 19.2 Å². The molecule has 6 aromatic rings. The summed E-state index contributed by atoms with van der Waals surface area (Å²) in [7, 11) is -2.33. The normalized spacial score (nSPS) is 17.1. The number of aromatic nitrogens is 4. The van der Waals surface area contributed by atoms with E-state index in [0.717, 1.165) is 10.4 Å². The Hall–Kier alpha value is -6.10. The lowest BCUT2D eigenvalue weighted by atomic mass is 9.99. The molecule has 66 heavy (non-hydrogen) atoms. The molecule has 3 heterocycles. The minimum atomic E-state index is -3.09. The molecule has 1 N–H and O–H groups in total. The Morgan fingerprint density at radius 1 is 0.879 bits per heavy atom. The topological polar surface area (TPSA) is 164 Å². The van der Waals surface area contributed by atoms with Crippen LogP contribution in [0.1, 0.15) is 55.4 Å². The van der Waals surface area contributed by atoms with E-state index in [0.29, 0.717) is 33.8 Å². The molecule has 1 saturated heterocycles. The van der Waals surface area contributed by atoms with Gasteiger partial charge >= 0.3 is 14.7 Å². The number of carbonyl (C=O) groups excluding carboxylic acids is 2. The van der Waals surface area contributed by atoms with Crippen molar-refractivity contribution in [2.75, 3.05) is 39.4 Å². The Morgan fingerprint density at radius 2 is 1.50 bits per heavy atom. The van der Waals surface area contributed by atoms with Crippen molar-refractivity contribution >= 4 is 56.2 Å². The summed E-state index contributed by atoms with van der Waals surface area (Å²) in [4.78, 5) is 40.4. The van der Waals surface area contributed by atoms with E-state index in [1.807, 2.05) is 42.5 Å². The van der Waals surface area contributed by atoms with Crippen LogP contribution in [-0.2, 0) is 27.5 Å². The zero-order valence-corrected chi connectivity index (χ0v) is 39.5. The maximum atomic E-state index is 14.5. The summed E-state index contributed by atoms with van der Waals surface area (Å²) in [6.45, 7) is 14.2. The molecule has 1 aliphatic heterocycles. The highest BCUT2D eigenvalue weighted by atomic mass is 31.2. The lowest BCUT2D eigenvalue weighted by molar-refractivity contribution is -0.0393. The molecule has 4 aromatic carbocycles. The number of hydrogen-bond donors (Lipinski definition) is 1. The van der Waals surface area contributed by atoms with Crippen LogP contribution in [0.2, 0.25) is 5.04 Å². The van der Waals surface area contributed by atoms with Gasteiger partial charge in [-0.2, -0.15) is 0 Å². The largest absolute Gasteiger partial charge is 0.497 e. The third-order valence-corrected chi connectivity index (χ3v) is 17.2.